The summed E-state index contributed by atoms with van der Waals surface area (Å²) in [5, 5.41) is 6.89. The monoisotopic (exact) mass is 293 g/mol. The number of aromatic nitrogens is 1. The molecule has 0 bridgehead atoms. The number of benzene rings is 1. The van der Waals surface area contributed by atoms with Crippen LogP contribution in [0.5, 0.6) is 0 Å². The summed E-state index contributed by atoms with van der Waals surface area (Å²) < 4.78 is 31.9. The van der Waals surface area contributed by atoms with Crippen molar-refractivity contribution in [3.63, 3.8) is 0 Å². The Hall–Kier alpha value is -1.86. The van der Waals surface area contributed by atoms with Crippen molar-refractivity contribution in [1.82, 2.24) is 9.88 Å². The first-order valence-electron chi connectivity index (χ1n) is 6.33. The van der Waals surface area contributed by atoms with Gasteiger partial charge in [-0.2, -0.15) is 0 Å². The lowest BCUT2D eigenvalue weighted by Crippen LogP contribution is -2.23. The van der Waals surface area contributed by atoms with Crippen LogP contribution >= 0.6 is 0 Å². The highest BCUT2D eigenvalue weighted by molar-refractivity contribution is 7.89. The van der Waals surface area contributed by atoms with Gasteiger partial charge in [0.2, 0.25) is 10.0 Å². The van der Waals surface area contributed by atoms with E-state index < -0.39 is 10.0 Å². The molecule has 2 heterocycles. The van der Waals surface area contributed by atoms with E-state index in [0.29, 0.717) is 5.76 Å². The molecule has 0 saturated carbocycles. The number of nitrogens with zero attached hydrogens (tertiary/aromatic N) is 1. The number of hydrogen-bond acceptors (Lipinski definition) is 5. The van der Waals surface area contributed by atoms with Crippen LogP contribution in [0.3, 0.4) is 0 Å². The third kappa shape index (κ3) is 2.54. The van der Waals surface area contributed by atoms with Gasteiger partial charge in [0.15, 0.2) is 5.76 Å². The molecular formula is C13H15N3O3S. The minimum absolute atomic E-state index is 0.0910. The molecule has 0 saturated heterocycles. The maximum atomic E-state index is 12.2. The fourth-order valence-electron chi connectivity index (χ4n) is 2.19. The van der Waals surface area contributed by atoms with Gasteiger partial charge in [0, 0.05) is 18.3 Å². The van der Waals surface area contributed by atoms with Gasteiger partial charge in [0.05, 0.1) is 17.1 Å². The molecule has 1 aliphatic heterocycles. The average molecular weight is 293 g/mol. The van der Waals surface area contributed by atoms with Crippen LogP contribution in [0.1, 0.15) is 17.0 Å². The molecule has 0 amide bonds. The summed E-state index contributed by atoms with van der Waals surface area (Å²) in [6.07, 6.45) is 0.931. The highest BCUT2D eigenvalue weighted by atomic mass is 32.2. The van der Waals surface area contributed by atoms with Crippen molar-refractivity contribution < 1.29 is 12.9 Å². The molecule has 0 aliphatic carbocycles. The number of anilines is 1. The minimum atomic E-state index is -3.55. The first kappa shape index (κ1) is 13.1. The first-order valence-corrected chi connectivity index (χ1v) is 7.81. The van der Waals surface area contributed by atoms with Crippen LogP contribution in [0.4, 0.5) is 5.69 Å². The van der Waals surface area contributed by atoms with E-state index in [1.165, 1.54) is 0 Å². The SMILES string of the molecule is Cc1cc(CNS(=O)(=O)c2ccc3c(c2)NCC3)on1. The van der Waals surface area contributed by atoms with E-state index in [0.717, 1.165) is 29.9 Å². The molecule has 0 fully saturated rings. The standard InChI is InChI=1S/C13H15N3O3S/c1-9-6-11(19-16-9)8-15-20(17,18)12-3-2-10-4-5-14-13(10)7-12/h2-3,6-7,14-15H,4-5,8H2,1H3. The van der Waals surface area contributed by atoms with Crippen molar-refractivity contribution in [2.24, 2.45) is 0 Å². The van der Waals surface area contributed by atoms with E-state index in [9.17, 15) is 8.42 Å². The van der Waals surface area contributed by atoms with Crippen LogP contribution in [-0.2, 0) is 23.0 Å². The summed E-state index contributed by atoms with van der Waals surface area (Å²) in [6.45, 7) is 2.73. The van der Waals surface area contributed by atoms with Crippen LogP contribution in [0.15, 0.2) is 33.7 Å². The molecule has 1 aromatic carbocycles. The molecule has 106 valence electrons. The van der Waals surface area contributed by atoms with Crippen molar-refractivity contribution in [1.29, 1.82) is 0 Å². The summed E-state index contributed by atoms with van der Waals surface area (Å²) in [5.74, 6) is 0.491. The van der Waals surface area contributed by atoms with Gasteiger partial charge < -0.3 is 9.84 Å². The van der Waals surface area contributed by atoms with Crippen LogP contribution < -0.4 is 10.0 Å². The maximum Gasteiger partial charge on any atom is 0.241 e. The van der Waals surface area contributed by atoms with Gasteiger partial charge in [-0.1, -0.05) is 11.2 Å². The Labute approximate surface area is 117 Å². The first-order chi connectivity index (χ1) is 9.54. The Morgan fingerprint density at radius 2 is 2.25 bits per heavy atom. The Morgan fingerprint density at radius 3 is 3.00 bits per heavy atom. The van der Waals surface area contributed by atoms with Crippen LogP contribution in [-0.4, -0.2) is 20.1 Å². The number of hydrogen-bond donors (Lipinski definition) is 2. The van der Waals surface area contributed by atoms with Crippen molar-refractivity contribution in [2.75, 3.05) is 11.9 Å². The lowest BCUT2D eigenvalue weighted by Gasteiger charge is -2.07. The van der Waals surface area contributed by atoms with Crippen LogP contribution in [0.25, 0.3) is 0 Å². The zero-order valence-corrected chi connectivity index (χ0v) is 11.8. The van der Waals surface area contributed by atoms with E-state index in [4.69, 9.17) is 4.52 Å². The Kier molecular flexibility index (Phi) is 3.23. The fourth-order valence-corrected chi connectivity index (χ4v) is 3.21. The van der Waals surface area contributed by atoms with Gasteiger partial charge >= 0.3 is 0 Å². The Morgan fingerprint density at radius 1 is 1.40 bits per heavy atom. The van der Waals surface area contributed by atoms with Crippen LogP contribution in [0.2, 0.25) is 0 Å². The second-order valence-corrected chi connectivity index (χ2v) is 6.52. The van der Waals surface area contributed by atoms with Gasteiger partial charge in [0.25, 0.3) is 0 Å². The van der Waals surface area contributed by atoms with E-state index in [-0.39, 0.29) is 11.4 Å². The van der Waals surface area contributed by atoms with Gasteiger partial charge in [-0.15, -0.1) is 0 Å². The zero-order valence-electron chi connectivity index (χ0n) is 11.0. The molecule has 3 rings (SSSR count). The summed E-state index contributed by atoms with van der Waals surface area (Å²) in [4.78, 5) is 0.252. The van der Waals surface area contributed by atoms with E-state index >= 15 is 0 Å². The van der Waals surface area contributed by atoms with E-state index in [1.54, 1.807) is 25.1 Å². The largest absolute Gasteiger partial charge is 0.384 e. The summed E-state index contributed by atoms with van der Waals surface area (Å²) >= 11 is 0. The molecule has 1 aliphatic rings. The summed E-state index contributed by atoms with van der Waals surface area (Å²) in [5.41, 5.74) is 2.76. The van der Waals surface area contributed by atoms with E-state index in [2.05, 4.69) is 15.2 Å². The van der Waals surface area contributed by atoms with Crippen molar-refractivity contribution in [3.8, 4) is 0 Å². The summed E-state index contributed by atoms with van der Waals surface area (Å²) in [6, 6.07) is 6.84. The molecule has 0 unspecified atom stereocenters. The molecular weight excluding hydrogens is 278 g/mol. The highest BCUT2D eigenvalue weighted by Crippen LogP contribution is 2.25. The second-order valence-electron chi connectivity index (χ2n) is 4.75. The highest BCUT2D eigenvalue weighted by Gasteiger charge is 2.18. The number of rotatable bonds is 4. The minimum Gasteiger partial charge on any atom is -0.384 e. The number of aryl methyl sites for hydroxylation is 1. The molecule has 2 N–H and O–H groups in total. The molecule has 6 nitrogen and oxygen atoms in total. The summed E-state index contributed by atoms with van der Waals surface area (Å²) in [7, 11) is -3.55. The predicted octanol–water partition coefficient (Wildman–Crippen LogP) is 1.43. The van der Waals surface area contributed by atoms with E-state index in [1.807, 2.05) is 6.07 Å². The third-order valence-electron chi connectivity index (χ3n) is 3.21. The molecule has 20 heavy (non-hydrogen) atoms. The van der Waals surface area contributed by atoms with Crippen molar-refractivity contribution in [3.05, 3.63) is 41.3 Å². The van der Waals surface area contributed by atoms with Crippen molar-refractivity contribution >= 4 is 15.7 Å². The smallest absolute Gasteiger partial charge is 0.241 e. The molecule has 0 atom stereocenters. The molecule has 2 aromatic rings. The molecule has 0 spiro atoms. The van der Waals surface area contributed by atoms with Gasteiger partial charge in [-0.25, -0.2) is 13.1 Å². The molecule has 1 aromatic heterocycles. The fraction of sp³-hybridized carbons (Fsp3) is 0.308. The quantitative estimate of drug-likeness (QED) is 0.891. The Balaban J connectivity index is 1.78. The molecule has 7 heteroatoms. The van der Waals surface area contributed by atoms with Gasteiger partial charge in [0.1, 0.15) is 0 Å². The average Bonchev–Trinajstić information content (AvgIpc) is 3.04. The van der Waals surface area contributed by atoms with Crippen molar-refractivity contribution in [2.45, 2.75) is 24.8 Å². The maximum absolute atomic E-state index is 12.2. The van der Waals surface area contributed by atoms with Gasteiger partial charge in [-0.3, -0.25) is 0 Å². The topological polar surface area (TPSA) is 84.2 Å². The Bertz CT molecular complexity index is 737. The predicted molar refractivity (Wildman–Crippen MR) is 73.9 cm³/mol. The van der Waals surface area contributed by atoms with Crippen LogP contribution in [0, 0.1) is 6.92 Å². The normalized spacial score (nSPS) is 14.1. The molecule has 0 radical (unpaired) electrons. The second kappa shape index (κ2) is 4.92. The third-order valence-corrected chi connectivity index (χ3v) is 4.61. The number of sulfonamides is 1. The zero-order chi connectivity index (χ0) is 14.2. The number of fused-ring (bicyclic) bond motifs is 1. The lowest BCUT2D eigenvalue weighted by atomic mass is 10.2. The number of nitrogens with one attached hydrogen (secondary N) is 2. The van der Waals surface area contributed by atoms with Gasteiger partial charge in [-0.05, 0) is 31.0 Å². The lowest BCUT2D eigenvalue weighted by molar-refractivity contribution is 0.377.